The van der Waals surface area contributed by atoms with Crippen LogP contribution in [-0.2, 0) is 4.79 Å². The van der Waals surface area contributed by atoms with Gasteiger partial charge < -0.3 is 30.3 Å². The second-order valence-corrected chi connectivity index (χ2v) is 9.64. The van der Waals surface area contributed by atoms with Gasteiger partial charge in [-0.1, -0.05) is 6.92 Å². The largest absolute Gasteiger partial charge is 0.490 e. The average Bonchev–Trinajstić information content (AvgIpc) is 3.04. The second kappa shape index (κ2) is 11.4. The van der Waals surface area contributed by atoms with Crippen molar-refractivity contribution in [3.8, 4) is 11.5 Å². The molecule has 1 aromatic carbocycles. The highest BCUT2D eigenvalue weighted by Crippen LogP contribution is 2.32. The van der Waals surface area contributed by atoms with Gasteiger partial charge in [0, 0.05) is 36.8 Å². The van der Waals surface area contributed by atoms with Crippen molar-refractivity contribution in [2.24, 2.45) is 10.9 Å². The van der Waals surface area contributed by atoms with E-state index in [0.29, 0.717) is 25.1 Å². The third kappa shape index (κ3) is 7.89. The summed E-state index contributed by atoms with van der Waals surface area (Å²) in [7, 11) is 0. The van der Waals surface area contributed by atoms with Crippen LogP contribution in [-0.4, -0.2) is 68.2 Å². The molecule has 178 valence electrons. The molecule has 0 aromatic heterocycles. The lowest BCUT2D eigenvalue weighted by atomic mass is 10.1. The van der Waals surface area contributed by atoms with E-state index in [1.54, 1.807) is 0 Å². The van der Waals surface area contributed by atoms with Crippen molar-refractivity contribution in [1.82, 2.24) is 15.5 Å². The number of aliphatic imine (C=N–C) groups is 1. The monoisotopic (exact) mass is 445 g/mol. The van der Waals surface area contributed by atoms with Crippen molar-refractivity contribution < 1.29 is 14.3 Å². The zero-order chi connectivity index (χ0) is 23.0. The third-order valence-corrected chi connectivity index (χ3v) is 5.37. The Morgan fingerprint density at radius 1 is 1.22 bits per heavy atom. The quantitative estimate of drug-likeness (QED) is 0.442. The van der Waals surface area contributed by atoms with Gasteiger partial charge in [-0.3, -0.25) is 4.79 Å². The Bertz CT molecular complexity index is 790. The van der Waals surface area contributed by atoms with E-state index in [1.165, 1.54) is 12.8 Å². The number of hydrogen-bond acceptors (Lipinski definition) is 5. The Kier molecular flexibility index (Phi) is 8.61. The summed E-state index contributed by atoms with van der Waals surface area (Å²) >= 11 is 0. The van der Waals surface area contributed by atoms with Crippen LogP contribution in [0.3, 0.4) is 0 Å². The molecule has 0 saturated carbocycles. The number of guanidine groups is 1. The molecular formula is C24H39N5O3. The van der Waals surface area contributed by atoms with E-state index in [1.807, 2.05) is 39.0 Å². The van der Waals surface area contributed by atoms with Crippen molar-refractivity contribution in [2.45, 2.75) is 52.5 Å². The van der Waals surface area contributed by atoms with Crippen LogP contribution in [0.5, 0.6) is 11.5 Å². The Balaban J connectivity index is 1.65. The molecule has 0 bridgehead atoms. The lowest BCUT2D eigenvalue weighted by molar-refractivity contribution is -0.121. The molecule has 1 saturated heterocycles. The molecule has 1 amide bonds. The molecule has 2 aliphatic heterocycles. The zero-order valence-corrected chi connectivity index (χ0v) is 20.0. The number of carbonyl (C=O) groups excluding carboxylic acids is 1. The van der Waals surface area contributed by atoms with Gasteiger partial charge >= 0.3 is 0 Å². The van der Waals surface area contributed by atoms with Gasteiger partial charge in [0.25, 0.3) is 0 Å². The Morgan fingerprint density at radius 2 is 2.00 bits per heavy atom. The van der Waals surface area contributed by atoms with Crippen LogP contribution >= 0.6 is 0 Å². The summed E-state index contributed by atoms with van der Waals surface area (Å²) in [5, 5.41) is 9.74. The molecule has 0 aliphatic carbocycles. The maximum absolute atomic E-state index is 12.3. The van der Waals surface area contributed by atoms with Gasteiger partial charge in [-0.05, 0) is 64.8 Å². The van der Waals surface area contributed by atoms with Crippen LogP contribution in [0.1, 0.15) is 47.0 Å². The fourth-order valence-electron chi connectivity index (χ4n) is 3.97. The first-order valence-corrected chi connectivity index (χ1v) is 11.8. The number of hydrogen-bond donors (Lipinski definition) is 3. The first-order valence-electron chi connectivity index (χ1n) is 11.8. The molecule has 0 spiro atoms. The summed E-state index contributed by atoms with van der Waals surface area (Å²) in [5.74, 6) is 2.54. The first-order chi connectivity index (χ1) is 15.3. The maximum atomic E-state index is 12.3. The molecule has 0 radical (unpaired) electrons. The molecule has 1 atom stereocenters. The van der Waals surface area contributed by atoms with E-state index >= 15 is 0 Å². The van der Waals surface area contributed by atoms with Crippen LogP contribution in [0.25, 0.3) is 0 Å². The minimum absolute atomic E-state index is 0.0593. The molecule has 3 N–H and O–H groups in total. The number of carbonyl (C=O) groups is 1. The average molecular weight is 446 g/mol. The lowest BCUT2D eigenvalue weighted by Gasteiger charge is -2.20. The second-order valence-electron chi connectivity index (χ2n) is 9.64. The summed E-state index contributed by atoms with van der Waals surface area (Å²) in [4.78, 5) is 19.4. The fraction of sp³-hybridized carbons (Fsp3) is 0.667. The van der Waals surface area contributed by atoms with Gasteiger partial charge in [-0.25, -0.2) is 4.99 Å². The summed E-state index contributed by atoms with van der Waals surface area (Å²) in [6.45, 7) is 13.7. The van der Waals surface area contributed by atoms with E-state index < -0.39 is 0 Å². The van der Waals surface area contributed by atoms with Crippen LogP contribution in [0, 0.1) is 5.92 Å². The van der Waals surface area contributed by atoms with Gasteiger partial charge in [0.2, 0.25) is 5.91 Å². The smallest absolute Gasteiger partial charge is 0.242 e. The highest BCUT2D eigenvalue weighted by atomic mass is 16.5. The van der Waals surface area contributed by atoms with E-state index in [0.717, 1.165) is 49.8 Å². The Labute approximate surface area is 192 Å². The number of nitrogens with one attached hydrogen (secondary N) is 3. The lowest BCUT2D eigenvalue weighted by Crippen LogP contribution is -2.42. The number of benzene rings is 1. The van der Waals surface area contributed by atoms with Crippen LogP contribution in [0.2, 0.25) is 0 Å². The van der Waals surface area contributed by atoms with E-state index in [2.05, 4.69) is 32.8 Å². The number of anilines is 1. The van der Waals surface area contributed by atoms with Gasteiger partial charge in [-0.15, -0.1) is 0 Å². The molecule has 2 heterocycles. The SMILES string of the molecule is CCCN1CCC(CNC(=NCC(=O)NC(C)(C)C)Nc2ccc3c(c2)OCCCO3)C1. The Morgan fingerprint density at radius 3 is 2.75 bits per heavy atom. The standard InChI is InChI=1S/C24H39N5O3/c1-5-10-29-11-9-18(17-29)15-25-23(26-16-22(30)28-24(2,3)4)27-19-7-8-20-21(14-19)32-13-6-12-31-20/h7-8,14,18H,5-6,9-13,15-17H2,1-4H3,(H,28,30)(H2,25,26,27). The number of likely N-dealkylation sites (tertiary alicyclic amines) is 1. The molecule has 2 aliphatic rings. The van der Waals surface area contributed by atoms with Crippen molar-refractivity contribution in [3.05, 3.63) is 18.2 Å². The molecule has 1 aromatic rings. The van der Waals surface area contributed by atoms with Crippen molar-refractivity contribution >= 4 is 17.6 Å². The van der Waals surface area contributed by atoms with Crippen LogP contribution in [0.15, 0.2) is 23.2 Å². The minimum atomic E-state index is -0.283. The number of rotatable bonds is 7. The predicted molar refractivity (Wildman–Crippen MR) is 129 cm³/mol. The molecule has 32 heavy (non-hydrogen) atoms. The topological polar surface area (TPSA) is 87.2 Å². The highest BCUT2D eigenvalue weighted by molar-refractivity contribution is 5.95. The van der Waals surface area contributed by atoms with Gasteiger partial charge in [0.1, 0.15) is 6.54 Å². The van der Waals surface area contributed by atoms with E-state index in [4.69, 9.17) is 9.47 Å². The predicted octanol–water partition coefficient (Wildman–Crippen LogP) is 2.85. The third-order valence-electron chi connectivity index (χ3n) is 5.37. The summed E-state index contributed by atoms with van der Waals surface area (Å²) < 4.78 is 11.5. The minimum Gasteiger partial charge on any atom is -0.490 e. The van der Waals surface area contributed by atoms with Crippen LogP contribution in [0.4, 0.5) is 5.69 Å². The molecule has 1 fully saturated rings. The van der Waals surface area contributed by atoms with Gasteiger partial charge in [0.15, 0.2) is 17.5 Å². The number of nitrogens with zero attached hydrogens (tertiary/aromatic N) is 2. The molecule has 8 heteroatoms. The van der Waals surface area contributed by atoms with Gasteiger partial charge in [0.05, 0.1) is 13.2 Å². The van der Waals surface area contributed by atoms with Crippen molar-refractivity contribution in [2.75, 3.05) is 51.3 Å². The maximum Gasteiger partial charge on any atom is 0.242 e. The molecule has 8 nitrogen and oxygen atoms in total. The normalized spacial score (nSPS) is 19.4. The van der Waals surface area contributed by atoms with E-state index in [-0.39, 0.29) is 18.0 Å². The molecule has 3 rings (SSSR count). The summed E-state index contributed by atoms with van der Waals surface area (Å²) in [6, 6.07) is 5.77. The molecule has 1 unspecified atom stereocenters. The van der Waals surface area contributed by atoms with Crippen LogP contribution < -0.4 is 25.4 Å². The summed E-state index contributed by atoms with van der Waals surface area (Å²) in [5.41, 5.74) is 0.560. The Hall–Kier alpha value is -2.48. The fourth-order valence-corrected chi connectivity index (χ4v) is 3.97. The van der Waals surface area contributed by atoms with E-state index in [9.17, 15) is 4.79 Å². The number of amides is 1. The number of ether oxygens (including phenoxy) is 2. The van der Waals surface area contributed by atoms with Crippen molar-refractivity contribution in [3.63, 3.8) is 0 Å². The molecular weight excluding hydrogens is 406 g/mol. The summed E-state index contributed by atoms with van der Waals surface area (Å²) in [6.07, 6.45) is 3.22. The van der Waals surface area contributed by atoms with Gasteiger partial charge in [-0.2, -0.15) is 0 Å². The zero-order valence-electron chi connectivity index (χ0n) is 20.0. The van der Waals surface area contributed by atoms with Crippen molar-refractivity contribution in [1.29, 1.82) is 0 Å². The first kappa shape index (κ1) is 24.2. The highest BCUT2D eigenvalue weighted by Gasteiger charge is 2.22. The number of fused-ring (bicyclic) bond motifs is 1.